The van der Waals surface area contributed by atoms with E-state index in [2.05, 4.69) is 0 Å². The van der Waals surface area contributed by atoms with E-state index in [0.717, 1.165) is 11.3 Å². The van der Waals surface area contributed by atoms with Crippen LogP contribution in [-0.4, -0.2) is 48.0 Å². The van der Waals surface area contributed by atoms with E-state index in [-0.39, 0.29) is 24.1 Å². The molecule has 2 heterocycles. The van der Waals surface area contributed by atoms with Crippen LogP contribution in [0.1, 0.15) is 18.5 Å². The predicted molar refractivity (Wildman–Crippen MR) is 102 cm³/mol. The number of urea groups is 1. The van der Waals surface area contributed by atoms with Crippen LogP contribution < -0.4 is 5.06 Å². The molecule has 27 heavy (non-hydrogen) atoms. The maximum Gasteiger partial charge on any atom is 0.326 e. The monoisotopic (exact) mass is 365 g/mol. The van der Waals surface area contributed by atoms with E-state index in [1.807, 2.05) is 72.7 Å². The number of rotatable bonds is 3. The second kappa shape index (κ2) is 7.04. The molecule has 0 aliphatic carbocycles. The van der Waals surface area contributed by atoms with Crippen molar-refractivity contribution < 1.29 is 14.4 Å². The van der Waals surface area contributed by atoms with Crippen molar-refractivity contribution in [1.29, 1.82) is 0 Å². The SMILES string of the molecule is C[C@@H]1ON(c2ccccc2)[C@@H](c2ccccc2)[C@H]1C(=O)N1CCN(C)C1=O. The fraction of sp³-hybridized carbons (Fsp3) is 0.333. The standard InChI is InChI=1S/C21H23N3O3/c1-15-18(20(25)23-14-13-22(2)21(23)26)19(16-9-5-3-6-10-16)24(27-15)17-11-7-4-8-12-17/h3-12,15,18-19H,13-14H2,1-2H3/t15-,18-,19-/m0/s1. The van der Waals surface area contributed by atoms with E-state index in [4.69, 9.17) is 4.84 Å². The Labute approximate surface area is 158 Å². The van der Waals surface area contributed by atoms with Crippen LogP contribution in [0, 0.1) is 5.92 Å². The summed E-state index contributed by atoms with van der Waals surface area (Å²) in [7, 11) is 1.72. The van der Waals surface area contributed by atoms with Crippen molar-refractivity contribution in [3.05, 3.63) is 66.2 Å². The molecule has 0 N–H and O–H groups in total. The number of anilines is 1. The van der Waals surface area contributed by atoms with Crippen LogP contribution >= 0.6 is 0 Å². The second-order valence-corrected chi connectivity index (χ2v) is 7.05. The van der Waals surface area contributed by atoms with Gasteiger partial charge >= 0.3 is 6.03 Å². The topological polar surface area (TPSA) is 53.1 Å². The van der Waals surface area contributed by atoms with Gasteiger partial charge in [-0.3, -0.25) is 14.5 Å². The molecule has 2 saturated heterocycles. The Kier molecular flexibility index (Phi) is 4.58. The molecule has 2 aromatic rings. The molecule has 0 spiro atoms. The average Bonchev–Trinajstić information content (AvgIpc) is 3.22. The summed E-state index contributed by atoms with van der Waals surface area (Å²) in [6, 6.07) is 19.1. The van der Waals surface area contributed by atoms with Crippen molar-refractivity contribution in [3.8, 4) is 0 Å². The third kappa shape index (κ3) is 3.06. The number of carbonyl (C=O) groups excluding carboxylic acids is 2. The lowest BCUT2D eigenvalue weighted by molar-refractivity contribution is -0.133. The third-order valence-electron chi connectivity index (χ3n) is 5.30. The zero-order chi connectivity index (χ0) is 19.0. The number of para-hydroxylation sites is 1. The number of hydroxylamine groups is 1. The minimum Gasteiger partial charge on any atom is -0.326 e. The highest BCUT2D eigenvalue weighted by molar-refractivity contribution is 5.97. The van der Waals surface area contributed by atoms with Crippen LogP contribution in [0.2, 0.25) is 0 Å². The van der Waals surface area contributed by atoms with Crippen molar-refractivity contribution in [2.45, 2.75) is 19.1 Å². The number of amides is 3. The Morgan fingerprint density at radius 3 is 2.22 bits per heavy atom. The lowest BCUT2D eigenvalue weighted by atomic mass is 9.88. The normalized spacial score (nSPS) is 25.3. The van der Waals surface area contributed by atoms with Crippen LogP contribution in [0.3, 0.4) is 0 Å². The molecule has 140 valence electrons. The highest BCUT2D eigenvalue weighted by Gasteiger charge is 2.49. The predicted octanol–water partition coefficient (Wildman–Crippen LogP) is 3.08. The summed E-state index contributed by atoms with van der Waals surface area (Å²) in [6.07, 6.45) is -0.346. The molecule has 6 heteroatoms. The molecule has 2 fully saturated rings. The lowest BCUT2D eigenvalue weighted by Crippen LogP contribution is -2.43. The third-order valence-corrected chi connectivity index (χ3v) is 5.30. The highest BCUT2D eigenvalue weighted by Crippen LogP contribution is 2.43. The summed E-state index contributed by atoms with van der Waals surface area (Å²) < 4.78 is 0. The van der Waals surface area contributed by atoms with Crippen LogP contribution in [-0.2, 0) is 9.63 Å². The Bertz CT molecular complexity index is 827. The minimum absolute atomic E-state index is 0.177. The number of nitrogens with zero attached hydrogens (tertiary/aromatic N) is 3. The molecule has 3 atom stereocenters. The van der Waals surface area contributed by atoms with Gasteiger partial charge < -0.3 is 4.90 Å². The van der Waals surface area contributed by atoms with Crippen molar-refractivity contribution in [1.82, 2.24) is 9.80 Å². The molecule has 2 aromatic carbocycles. The molecule has 2 aliphatic heterocycles. The number of likely N-dealkylation sites (N-methyl/N-ethyl adjacent to an activating group) is 1. The molecule has 4 rings (SSSR count). The van der Waals surface area contributed by atoms with Gasteiger partial charge in [0, 0.05) is 20.1 Å². The Morgan fingerprint density at radius 1 is 1.00 bits per heavy atom. The quantitative estimate of drug-likeness (QED) is 0.839. The van der Waals surface area contributed by atoms with Gasteiger partial charge in [0.25, 0.3) is 0 Å². The van der Waals surface area contributed by atoms with Crippen molar-refractivity contribution in [3.63, 3.8) is 0 Å². The maximum absolute atomic E-state index is 13.3. The van der Waals surface area contributed by atoms with E-state index < -0.39 is 5.92 Å². The average molecular weight is 365 g/mol. The highest BCUT2D eigenvalue weighted by atomic mass is 16.7. The van der Waals surface area contributed by atoms with E-state index >= 15 is 0 Å². The minimum atomic E-state index is -0.469. The van der Waals surface area contributed by atoms with Gasteiger partial charge in [0.1, 0.15) is 0 Å². The van der Waals surface area contributed by atoms with Crippen molar-refractivity contribution in [2.75, 3.05) is 25.2 Å². The molecular formula is C21H23N3O3. The number of carbonyl (C=O) groups is 2. The van der Waals surface area contributed by atoms with E-state index in [0.29, 0.717) is 13.1 Å². The van der Waals surface area contributed by atoms with Crippen LogP contribution in [0.25, 0.3) is 0 Å². The van der Waals surface area contributed by atoms with Gasteiger partial charge in [-0.25, -0.2) is 9.86 Å². The number of imide groups is 1. The Balaban J connectivity index is 1.73. The van der Waals surface area contributed by atoms with Crippen molar-refractivity contribution >= 4 is 17.6 Å². The second-order valence-electron chi connectivity index (χ2n) is 7.05. The largest absolute Gasteiger partial charge is 0.326 e. The van der Waals surface area contributed by atoms with Crippen LogP contribution in [0.4, 0.5) is 10.5 Å². The molecule has 2 aliphatic rings. The van der Waals surface area contributed by atoms with E-state index in [1.165, 1.54) is 4.90 Å². The van der Waals surface area contributed by atoms with Crippen molar-refractivity contribution in [2.24, 2.45) is 5.92 Å². The summed E-state index contributed by atoms with van der Waals surface area (Å²) in [5.74, 6) is -0.646. The van der Waals surface area contributed by atoms with Crippen LogP contribution in [0.5, 0.6) is 0 Å². The number of hydrogen-bond acceptors (Lipinski definition) is 4. The van der Waals surface area contributed by atoms with E-state index in [1.54, 1.807) is 11.9 Å². The number of hydrogen-bond donors (Lipinski definition) is 0. The molecule has 0 aromatic heterocycles. The zero-order valence-corrected chi connectivity index (χ0v) is 15.5. The first-order chi connectivity index (χ1) is 13.1. The molecule has 6 nitrogen and oxygen atoms in total. The molecule has 0 bridgehead atoms. The van der Waals surface area contributed by atoms with E-state index in [9.17, 15) is 9.59 Å². The molecular weight excluding hydrogens is 342 g/mol. The summed E-state index contributed by atoms with van der Waals surface area (Å²) in [4.78, 5) is 34.8. The smallest absolute Gasteiger partial charge is 0.326 e. The van der Waals surface area contributed by atoms with Gasteiger partial charge in [0.15, 0.2) is 0 Å². The van der Waals surface area contributed by atoms with Gasteiger partial charge in [0.05, 0.1) is 23.8 Å². The fourth-order valence-electron chi connectivity index (χ4n) is 3.87. The van der Waals surface area contributed by atoms with Gasteiger partial charge in [-0.05, 0) is 24.6 Å². The summed E-state index contributed by atoms with van der Waals surface area (Å²) in [6.45, 7) is 2.88. The summed E-state index contributed by atoms with van der Waals surface area (Å²) in [5.41, 5.74) is 1.88. The van der Waals surface area contributed by atoms with Gasteiger partial charge in [-0.1, -0.05) is 48.5 Å². The first-order valence-electron chi connectivity index (χ1n) is 9.20. The molecule has 0 radical (unpaired) electrons. The lowest BCUT2D eigenvalue weighted by Gasteiger charge is -2.28. The van der Waals surface area contributed by atoms with Crippen LogP contribution in [0.15, 0.2) is 60.7 Å². The zero-order valence-electron chi connectivity index (χ0n) is 15.5. The first-order valence-corrected chi connectivity index (χ1v) is 9.20. The Hall–Kier alpha value is -2.86. The summed E-state index contributed by atoms with van der Waals surface area (Å²) >= 11 is 0. The van der Waals surface area contributed by atoms with Gasteiger partial charge in [-0.15, -0.1) is 0 Å². The maximum atomic E-state index is 13.3. The number of benzene rings is 2. The molecule has 0 saturated carbocycles. The molecule has 0 unspecified atom stereocenters. The molecule has 3 amide bonds. The fourth-order valence-corrected chi connectivity index (χ4v) is 3.87. The Morgan fingerprint density at radius 2 is 1.63 bits per heavy atom. The first kappa shape index (κ1) is 17.5. The van der Waals surface area contributed by atoms with Gasteiger partial charge in [0.2, 0.25) is 5.91 Å². The van der Waals surface area contributed by atoms with Gasteiger partial charge in [-0.2, -0.15) is 0 Å². The summed E-state index contributed by atoms with van der Waals surface area (Å²) in [5, 5.41) is 1.81.